The second-order valence-corrected chi connectivity index (χ2v) is 4.97. The van der Waals surface area contributed by atoms with Gasteiger partial charge in [-0.1, -0.05) is 0 Å². The summed E-state index contributed by atoms with van der Waals surface area (Å²) in [6.45, 7) is 4.04. The van der Waals surface area contributed by atoms with Crippen molar-refractivity contribution in [3.05, 3.63) is 23.8 Å². The summed E-state index contributed by atoms with van der Waals surface area (Å²) in [7, 11) is 0. The van der Waals surface area contributed by atoms with E-state index in [2.05, 4.69) is 5.32 Å². The minimum absolute atomic E-state index is 0.0184. The number of nitrogens with one attached hydrogen (secondary N) is 1. The van der Waals surface area contributed by atoms with Crippen molar-refractivity contribution < 1.29 is 8.78 Å². The molecule has 1 aromatic rings. The Kier molecular flexibility index (Phi) is 2.52. The number of nitrogen functional groups attached to an aromatic ring is 1. The molecule has 1 fully saturated rings. The highest BCUT2D eigenvalue weighted by atomic mass is 19.1. The van der Waals surface area contributed by atoms with E-state index >= 15 is 0 Å². The molecular formula is C12H16F2N2. The first-order chi connectivity index (χ1) is 7.40. The summed E-state index contributed by atoms with van der Waals surface area (Å²) in [5.74, 6) is -0.770. The van der Waals surface area contributed by atoms with Gasteiger partial charge < -0.3 is 11.1 Å². The van der Waals surface area contributed by atoms with Crippen LogP contribution in [0, 0.1) is 17.6 Å². The zero-order chi connectivity index (χ0) is 11.9. The maximum atomic E-state index is 13.2. The van der Waals surface area contributed by atoms with Gasteiger partial charge in [0.2, 0.25) is 0 Å². The highest BCUT2D eigenvalue weighted by Crippen LogP contribution is 2.42. The molecule has 2 rings (SSSR count). The van der Waals surface area contributed by atoms with Crippen molar-refractivity contribution in [2.45, 2.75) is 32.2 Å². The number of benzene rings is 1. The lowest BCUT2D eigenvalue weighted by molar-refractivity contribution is 0.493. The molecule has 88 valence electrons. The summed E-state index contributed by atoms with van der Waals surface area (Å²) >= 11 is 0. The largest absolute Gasteiger partial charge is 0.395 e. The Bertz CT molecular complexity index is 412. The van der Waals surface area contributed by atoms with Crippen molar-refractivity contribution >= 4 is 11.4 Å². The Labute approximate surface area is 93.8 Å². The topological polar surface area (TPSA) is 38.0 Å². The number of anilines is 2. The van der Waals surface area contributed by atoms with Crippen LogP contribution in [-0.4, -0.2) is 5.54 Å². The smallest absolute Gasteiger partial charge is 0.151 e. The fraction of sp³-hybridized carbons (Fsp3) is 0.500. The van der Waals surface area contributed by atoms with Gasteiger partial charge >= 0.3 is 0 Å². The Morgan fingerprint density at radius 3 is 2.50 bits per heavy atom. The van der Waals surface area contributed by atoms with Crippen LogP contribution in [0.4, 0.5) is 20.2 Å². The SMILES string of the molecule is CC(C)(Nc1cc(F)cc(F)c1N)C1CC1. The zero-order valence-corrected chi connectivity index (χ0v) is 9.48. The van der Waals surface area contributed by atoms with Gasteiger partial charge in [-0.3, -0.25) is 0 Å². The van der Waals surface area contributed by atoms with Gasteiger partial charge in [-0.05, 0) is 38.7 Å². The van der Waals surface area contributed by atoms with Crippen molar-refractivity contribution in [3.8, 4) is 0 Å². The normalized spacial score (nSPS) is 16.2. The molecule has 4 heteroatoms. The molecule has 0 bridgehead atoms. The second kappa shape index (κ2) is 3.61. The fourth-order valence-corrected chi connectivity index (χ4v) is 1.94. The average molecular weight is 226 g/mol. The molecule has 0 unspecified atom stereocenters. The molecule has 1 aromatic carbocycles. The van der Waals surface area contributed by atoms with Crippen LogP contribution in [0.15, 0.2) is 12.1 Å². The molecule has 1 saturated carbocycles. The molecule has 3 N–H and O–H groups in total. The van der Waals surface area contributed by atoms with Gasteiger partial charge in [0.1, 0.15) is 5.82 Å². The number of halogens is 2. The zero-order valence-electron chi connectivity index (χ0n) is 9.48. The van der Waals surface area contributed by atoms with Crippen LogP contribution in [0.3, 0.4) is 0 Å². The van der Waals surface area contributed by atoms with Crippen LogP contribution < -0.4 is 11.1 Å². The minimum Gasteiger partial charge on any atom is -0.395 e. The third-order valence-electron chi connectivity index (χ3n) is 3.15. The Balaban J connectivity index is 2.26. The lowest BCUT2D eigenvalue weighted by atomic mass is 9.98. The third-order valence-corrected chi connectivity index (χ3v) is 3.15. The van der Waals surface area contributed by atoms with E-state index < -0.39 is 11.6 Å². The molecule has 0 amide bonds. The summed E-state index contributed by atoms with van der Waals surface area (Å²) in [5, 5.41) is 3.13. The summed E-state index contributed by atoms with van der Waals surface area (Å²) in [6, 6.07) is 2.03. The molecule has 0 aromatic heterocycles. The first kappa shape index (κ1) is 11.2. The number of rotatable bonds is 3. The fourth-order valence-electron chi connectivity index (χ4n) is 1.94. The summed E-state index contributed by atoms with van der Waals surface area (Å²) < 4.78 is 26.3. The molecule has 16 heavy (non-hydrogen) atoms. The number of hydrogen-bond donors (Lipinski definition) is 2. The van der Waals surface area contributed by atoms with E-state index in [9.17, 15) is 8.78 Å². The van der Waals surface area contributed by atoms with Crippen LogP contribution in [0.5, 0.6) is 0 Å². The van der Waals surface area contributed by atoms with Crippen LogP contribution in [0.25, 0.3) is 0 Å². The maximum absolute atomic E-state index is 13.2. The summed E-state index contributed by atoms with van der Waals surface area (Å²) in [4.78, 5) is 0. The molecule has 1 aliphatic carbocycles. The average Bonchev–Trinajstić information content (AvgIpc) is 2.95. The van der Waals surface area contributed by atoms with Gasteiger partial charge in [-0.2, -0.15) is 0 Å². The van der Waals surface area contributed by atoms with Gasteiger partial charge in [-0.15, -0.1) is 0 Å². The molecule has 2 nitrogen and oxygen atoms in total. The first-order valence-corrected chi connectivity index (χ1v) is 5.43. The van der Waals surface area contributed by atoms with E-state index in [-0.39, 0.29) is 11.2 Å². The number of nitrogens with two attached hydrogens (primary N) is 1. The third kappa shape index (κ3) is 2.10. The Hall–Kier alpha value is -1.32. The van der Waals surface area contributed by atoms with Gasteiger partial charge in [0.25, 0.3) is 0 Å². The van der Waals surface area contributed by atoms with E-state index in [1.165, 1.54) is 6.07 Å². The quantitative estimate of drug-likeness (QED) is 0.777. The minimum atomic E-state index is -0.714. The molecular weight excluding hydrogens is 210 g/mol. The molecule has 1 aliphatic rings. The van der Waals surface area contributed by atoms with E-state index in [1.807, 2.05) is 13.8 Å². The highest BCUT2D eigenvalue weighted by molar-refractivity contribution is 5.67. The predicted molar refractivity (Wildman–Crippen MR) is 61.2 cm³/mol. The second-order valence-electron chi connectivity index (χ2n) is 4.97. The van der Waals surface area contributed by atoms with Crippen molar-refractivity contribution in [3.63, 3.8) is 0 Å². The van der Waals surface area contributed by atoms with Crippen molar-refractivity contribution in [1.29, 1.82) is 0 Å². The van der Waals surface area contributed by atoms with Crippen molar-refractivity contribution in [2.75, 3.05) is 11.1 Å². The molecule has 0 spiro atoms. The first-order valence-electron chi connectivity index (χ1n) is 5.43. The van der Waals surface area contributed by atoms with E-state index in [1.54, 1.807) is 0 Å². The molecule has 0 saturated heterocycles. The summed E-state index contributed by atoms with van der Waals surface area (Å²) in [6.07, 6.45) is 2.30. The van der Waals surface area contributed by atoms with E-state index in [0.29, 0.717) is 11.6 Å². The molecule has 0 radical (unpaired) electrons. The van der Waals surface area contributed by atoms with Gasteiger partial charge in [0.05, 0.1) is 11.4 Å². The Morgan fingerprint density at radius 1 is 1.31 bits per heavy atom. The van der Waals surface area contributed by atoms with Crippen molar-refractivity contribution in [2.24, 2.45) is 5.92 Å². The van der Waals surface area contributed by atoms with E-state index in [0.717, 1.165) is 18.9 Å². The molecule has 0 heterocycles. The van der Waals surface area contributed by atoms with Crippen molar-refractivity contribution in [1.82, 2.24) is 0 Å². The standard InChI is InChI=1S/C12H16F2N2/c1-12(2,7-3-4-7)16-10-6-8(13)5-9(14)11(10)15/h5-7,16H,3-4,15H2,1-2H3. The monoisotopic (exact) mass is 226 g/mol. The highest BCUT2D eigenvalue weighted by Gasteiger charge is 2.38. The van der Waals surface area contributed by atoms with Crippen LogP contribution in [-0.2, 0) is 0 Å². The van der Waals surface area contributed by atoms with E-state index in [4.69, 9.17) is 5.73 Å². The van der Waals surface area contributed by atoms with Crippen LogP contribution >= 0.6 is 0 Å². The molecule has 0 aliphatic heterocycles. The maximum Gasteiger partial charge on any atom is 0.151 e. The molecule has 0 atom stereocenters. The van der Waals surface area contributed by atoms with Crippen LogP contribution in [0.1, 0.15) is 26.7 Å². The number of hydrogen-bond acceptors (Lipinski definition) is 2. The van der Waals surface area contributed by atoms with Crippen LogP contribution in [0.2, 0.25) is 0 Å². The van der Waals surface area contributed by atoms with Gasteiger partial charge in [0.15, 0.2) is 5.82 Å². The summed E-state index contributed by atoms with van der Waals surface area (Å²) in [5.41, 5.74) is 5.73. The lowest BCUT2D eigenvalue weighted by Crippen LogP contribution is -2.33. The lowest BCUT2D eigenvalue weighted by Gasteiger charge is -2.28. The predicted octanol–water partition coefficient (Wildman–Crippen LogP) is 3.15. The van der Waals surface area contributed by atoms with Gasteiger partial charge in [0, 0.05) is 11.6 Å². The Morgan fingerprint density at radius 2 is 1.94 bits per heavy atom. The van der Waals surface area contributed by atoms with Gasteiger partial charge in [-0.25, -0.2) is 8.78 Å².